The molecule has 0 bridgehead atoms. The van der Waals surface area contributed by atoms with E-state index in [0.717, 1.165) is 3.39 Å². The highest BCUT2D eigenvalue weighted by Gasteiger charge is 2.61. The summed E-state index contributed by atoms with van der Waals surface area (Å²) in [5.41, 5.74) is 1.02. The van der Waals surface area contributed by atoms with Gasteiger partial charge in [-0.2, -0.15) is 5.26 Å². The fourth-order valence-corrected chi connectivity index (χ4v) is 3.35. The number of aromatic nitrogens is 1. The Morgan fingerprint density at radius 3 is 2.78 bits per heavy atom. The monoisotopic (exact) mass is 438 g/mol. The number of ether oxygens (including phenoxy) is 1. The highest BCUT2D eigenvalue weighted by atomic mass is 79.9. The zero-order valence-corrected chi connectivity index (χ0v) is 16.0. The molecule has 1 aromatic heterocycles. The van der Waals surface area contributed by atoms with E-state index in [4.69, 9.17) is 16.4 Å². The van der Waals surface area contributed by atoms with Gasteiger partial charge in [0.25, 0.3) is 0 Å². The van der Waals surface area contributed by atoms with Gasteiger partial charge in [-0.1, -0.05) is 25.8 Å². The SMILES string of the molecule is C#CCn1cc(C#N)c(COC(=O)[C@H]2[C@@H](C=C(Br)Br)C2(C)C)c1. The van der Waals surface area contributed by atoms with E-state index in [1.165, 1.54) is 0 Å². The zero-order valence-electron chi connectivity index (χ0n) is 12.8. The van der Waals surface area contributed by atoms with Crippen molar-refractivity contribution < 1.29 is 9.53 Å². The number of halogens is 2. The van der Waals surface area contributed by atoms with Crippen molar-refractivity contribution in [1.82, 2.24) is 4.57 Å². The summed E-state index contributed by atoms with van der Waals surface area (Å²) in [6, 6.07) is 2.09. The predicted octanol–water partition coefficient (Wildman–Crippen LogP) is 3.94. The maximum atomic E-state index is 12.3. The molecule has 0 aromatic carbocycles. The maximum Gasteiger partial charge on any atom is 0.310 e. The molecule has 1 fully saturated rings. The molecule has 0 spiro atoms. The molecule has 0 aliphatic heterocycles. The molecule has 2 rings (SSSR count). The standard InChI is InChI=1S/C17H16Br2N2O2/c1-4-5-21-8-11(7-20)12(9-21)10-23-16(22)15-13(6-14(18)19)17(15,2)3/h1,6,8-9,13,15H,5,10H2,2-3H3/t13-,15-/m1/s1. The van der Waals surface area contributed by atoms with Gasteiger partial charge >= 0.3 is 5.97 Å². The molecule has 0 amide bonds. The first-order valence-electron chi connectivity index (χ1n) is 7.03. The molecule has 0 N–H and O–H groups in total. The molecule has 120 valence electrons. The van der Waals surface area contributed by atoms with Crippen molar-refractivity contribution in [2.24, 2.45) is 17.3 Å². The number of allylic oxidation sites excluding steroid dienone is 1. The average molecular weight is 440 g/mol. The summed E-state index contributed by atoms with van der Waals surface area (Å²) in [7, 11) is 0. The second kappa shape index (κ2) is 6.95. The molecule has 1 aromatic rings. The van der Waals surface area contributed by atoms with Crippen molar-refractivity contribution in [2.75, 3.05) is 0 Å². The lowest BCUT2D eigenvalue weighted by molar-refractivity contribution is -0.147. The minimum absolute atomic E-state index is 0.0811. The zero-order chi connectivity index (χ0) is 17.2. The Hall–Kier alpha value is -1.50. The molecule has 2 atom stereocenters. The van der Waals surface area contributed by atoms with Crippen molar-refractivity contribution in [2.45, 2.75) is 27.0 Å². The summed E-state index contributed by atoms with van der Waals surface area (Å²) >= 11 is 6.65. The van der Waals surface area contributed by atoms with E-state index < -0.39 is 0 Å². The van der Waals surface area contributed by atoms with E-state index in [1.54, 1.807) is 17.0 Å². The molecule has 4 nitrogen and oxygen atoms in total. The number of carbonyl (C=O) groups excluding carboxylic acids is 1. The third-order valence-electron chi connectivity index (χ3n) is 4.20. The Labute approximate surface area is 152 Å². The molecule has 6 heteroatoms. The Bertz CT molecular complexity index is 731. The van der Waals surface area contributed by atoms with Gasteiger partial charge in [-0.25, -0.2) is 0 Å². The Kier molecular flexibility index (Phi) is 5.39. The largest absolute Gasteiger partial charge is 0.460 e. The summed E-state index contributed by atoms with van der Waals surface area (Å²) in [5, 5.41) is 9.14. The number of terminal acetylenes is 1. The van der Waals surface area contributed by atoms with Gasteiger partial charge in [0.15, 0.2) is 0 Å². The van der Waals surface area contributed by atoms with Crippen LogP contribution in [-0.2, 0) is 22.7 Å². The number of esters is 1. The van der Waals surface area contributed by atoms with Crippen LogP contribution in [0.25, 0.3) is 0 Å². The number of rotatable bonds is 5. The molecular weight excluding hydrogens is 424 g/mol. The highest BCUT2D eigenvalue weighted by Crippen LogP contribution is 2.60. The molecule has 23 heavy (non-hydrogen) atoms. The summed E-state index contributed by atoms with van der Waals surface area (Å²) in [6.07, 6.45) is 10.6. The summed E-state index contributed by atoms with van der Waals surface area (Å²) in [5.74, 6) is 2.22. The predicted molar refractivity (Wildman–Crippen MR) is 94.5 cm³/mol. The maximum absolute atomic E-state index is 12.3. The number of hydrogen-bond acceptors (Lipinski definition) is 3. The third kappa shape index (κ3) is 3.88. The minimum Gasteiger partial charge on any atom is -0.460 e. The van der Waals surface area contributed by atoms with E-state index in [9.17, 15) is 4.79 Å². The van der Waals surface area contributed by atoms with Gasteiger partial charge in [0.1, 0.15) is 12.7 Å². The van der Waals surface area contributed by atoms with E-state index in [1.807, 2.05) is 19.9 Å². The van der Waals surface area contributed by atoms with E-state index in [-0.39, 0.29) is 29.8 Å². The van der Waals surface area contributed by atoms with Crippen LogP contribution in [0.3, 0.4) is 0 Å². The first-order valence-corrected chi connectivity index (χ1v) is 8.61. The second-order valence-corrected chi connectivity index (χ2v) is 8.85. The summed E-state index contributed by atoms with van der Waals surface area (Å²) in [4.78, 5) is 12.3. The minimum atomic E-state index is -0.244. The van der Waals surface area contributed by atoms with Gasteiger partial charge in [-0.15, -0.1) is 6.42 Å². The molecule has 0 radical (unpaired) electrons. The fourth-order valence-electron chi connectivity index (χ4n) is 2.78. The van der Waals surface area contributed by atoms with Gasteiger partial charge in [0, 0.05) is 18.0 Å². The summed E-state index contributed by atoms with van der Waals surface area (Å²) in [6.45, 7) is 4.53. The lowest BCUT2D eigenvalue weighted by Gasteiger charge is -2.05. The smallest absolute Gasteiger partial charge is 0.310 e. The molecule has 1 aliphatic carbocycles. The van der Waals surface area contributed by atoms with Crippen molar-refractivity contribution in [1.29, 1.82) is 5.26 Å². The average Bonchev–Trinajstić information content (AvgIpc) is 2.82. The van der Waals surface area contributed by atoms with Crippen LogP contribution in [0.4, 0.5) is 0 Å². The number of carbonyl (C=O) groups is 1. The van der Waals surface area contributed by atoms with Crippen LogP contribution in [0.1, 0.15) is 25.0 Å². The topological polar surface area (TPSA) is 55.0 Å². The number of hydrogen-bond donors (Lipinski definition) is 0. The van der Waals surface area contributed by atoms with Crippen LogP contribution in [-0.4, -0.2) is 10.5 Å². The number of nitriles is 1. The Morgan fingerprint density at radius 2 is 2.22 bits per heavy atom. The number of nitrogens with zero attached hydrogens (tertiary/aromatic N) is 2. The third-order valence-corrected chi connectivity index (χ3v) is 4.73. The van der Waals surface area contributed by atoms with Crippen LogP contribution in [0, 0.1) is 40.9 Å². The van der Waals surface area contributed by atoms with Crippen LogP contribution in [0.15, 0.2) is 21.9 Å². The van der Waals surface area contributed by atoms with Crippen molar-refractivity contribution in [3.05, 3.63) is 33.0 Å². The van der Waals surface area contributed by atoms with Crippen LogP contribution in [0.2, 0.25) is 0 Å². The van der Waals surface area contributed by atoms with Crippen LogP contribution >= 0.6 is 31.9 Å². The molecule has 0 saturated heterocycles. The van der Waals surface area contributed by atoms with E-state index >= 15 is 0 Å². The molecule has 1 heterocycles. The molecule has 1 saturated carbocycles. The normalized spacial score (nSPS) is 21.0. The molecule has 0 unspecified atom stereocenters. The van der Waals surface area contributed by atoms with Gasteiger partial charge in [0.05, 0.1) is 21.4 Å². The van der Waals surface area contributed by atoms with Gasteiger partial charge in [-0.05, 0) is 43.2 Å². The van der Waals surface area contributed by atoms with Crippen molar-refractivity contribution >= 4 is 37.8 Å². The van der Waals surface area contributed by atoms with Gasteiger partial charge in [0.2, 0.25) is 0 Å². The van der Waals surface area contributed by atoms with E-state index in [0.29, 0.717) is 17.7 Å². The quantitative estimate of drug-likeness (QED) is 0.515. The second-order valence-electron chi connectivity index (χ2n) is 6.07. The lowest BCUT2D eigenvalue weighted by atomic mass is 10.1. The van der Waals surface area contributed by atoms with Crippen LogP contribution in [0.5, 0.6) is 0 Å². The first-order chi connectivity index (χ1) is 10.8. The van der Waals surface area contributed by atoms with Gasteiger partial charge < -0.3 is 9.30 Å². The van der Waals surface area contributed by atoms with Crippen LogP contribution < -0.4 is 0 Å². The first kappa shape index (κ1) is 17.8. The Balaban J connectivity index is 2.02. The lowest BCUT2D eigenvalue weighted by Crippen LogP contribution is -2.10. The van der Waals surface area contributed by atoms with Gasteiger partial charge in [-0.3, -0.25) is 4.79 Å². The summed E-state index contributed by atoms with van der Waals surface area (Å²) < 4.78 is 7.98. The van der Waals surface area contributed by atoms with Crippen molar-refractivity contribution in [3.63, 3.8) is 0 Å². The Morgan fingerprint density at radius 1 is 1.52 bits per heavy atom. The van der Waals surface area contributed by atoms with Crippen molar-refractivity contribution in [3.8, 4) is 18.4 Å². The van der Waals surface area contributed by atoms with E-state index in [2.05, 4.69) is 43.8 Å². The molecule has 1 aliphatic rings. The molecular formula is C17H16Br2N2O2. The fraction of sp³-hybridized carbons (Fsp3) is 0.412. The highest BCUT2D eigenvalue weighted by molar-refractivity contribution is 9.28.